The maximum absolute atomic E-state index is 12.8. The Morgan fingerprint density at radius 1 is 1.10 bits per heavy atom. The number of likely N-dealkylation sites (tertiary alicyclic amines) is 1. The fraction of sp³-hybridized carbons (Fsp3) is 0.240. The Labute approximate surface area is 186 Å². The van der Waals surface area contributed by atoms with Gasteiger partial charge in [0, 0.05) is 41.7 Å². The van der Waals surface area contributed by atoms with Gasteiger partial charge in [-0.15, -0.1) is 11.3 Å². The van der Waals surface area contributed by atoms with Gasteiger partial charge in [0.15, 0.2) is 0 Å². The van der Waals surface area contributed by atoms with E-state index in [9.17, 15) is 9.59 Å². The molecule has 4 rings (SSSR count). The molecule has 1 aliphatic rings. The Morgan fingerprint density at radius 2 is 1.87 bits per heavy atom. The molecule has 1 aromatic heterocycles. The number of nitrogens with one attached hydrogen (secondary N) is 1. The van der Waals surface area contributed by atoms with Gasteiger partial charge >= 0.3 is 0 Å². The molecular formula is C25H25N3O2S. The molecule has 0 saturated carbocycles. The van der Waals surface area contributed by atoms with Crippen LogP contribution in [0.15, 0.2) is 66.1 Å². The van der Waals surface area contributed by atoms with Crippen molar-refractivity contribution in [3.8, 4) is 11.3 Å². The lowest BCUT2D eigenvalue weighted by atomic mass is 9.95. The smallest absolute Gasteiger partial charge is 0.246 e. The normalized spacial score (nSPS) is 14.7. The number of rotatable bonds is 5. The summed E-state index contributed by atoms with van der Waals surface area (Å²) < 4.78 is 0. The van der Waals surface area contributed by atoms with E-state index in [-0.39, 0.29) is 17.7 Å². The van der Waals surface area contributed by atoms with Crippen LogP contribution >= 0.6 is 11.3 Å². The zero-order valence-electron chi connectivity index (χ0n) is 17.5. The van der Waals surface area contributed by atoms with Crippen LogP contribution in [0.25, 0.3) is 17.3 Å². The van der Waals surface area contributed by atoms with Crippen LogP contribution in [0.5, 0.6) is 0 Å². The van der Waals surface area contributed by atoms with Crippen LogP contribution in [-0.2, 0) is 9.59 Å². The van der Waals surface area contributed by atoms with Crippen molar-refractivity contribution in [2.24, 2.45) is 5.92 Å². The second-order valence-electron chi connectivity index (χ2n) is 7.67. The van der Waals surface area contributed by atoms with E-state index < -0.39 is 0 Å². The molecule has 0 radical (unpaired) electrons. The van der Waals surface area contributed by atoms with Crippen molar-refractivity contribution in [3.05, 3.63) is 76.6 Å². The van der Waals surface area contributed by atoms with E-state index in [2.05, 4.69) is 10.3 Å². The molecule has 0 bridgehead atoms. The molecule has 31 heavy (non-hydrogen) atoms. The first-order chi connectivity index (χ1) is 15.1. The van der Waals surface area contributed by atoms with Crippen molar-refractivity contribution in [1.29, 1.82) is 0 Å². The maximum Gasteiger partial charge on any atom is 0.246 e. The second kappa shape index (κ2) is 9.71. The molecule has 0 atom stereocenters. The van der Waals surface area contributed by atoms with Gasteiger partial charge in [-0.2, -0.15) is 0 Å². The standard InChI is InChI=1S/C25H25N3O2S/c1-18-26-23(17-31-18)21-8-5-9-22(16-21)27-25(30)20-12-14-28(15-13-20)24(29)11-10-19-6-3-2-4-7-19/h2-11,16-17,20H,12-15H2,1H3,(H,27,30). The molecule has 0 aliphatic carbocycles. The van der Waals surface area contributed by atoms with Crippen LogP contribution in [0.2, 0.25) is 0 Å². The first-order valence-electron chi connectivity index (χ1n) is 10.4. The topological polar surface area (TPSA) is 62.3 Å². The zero-order valence-corrected chi connectivity index (χ0v) is 18.3. The number of carbonyl (C=O) groups is 2. The van der Waals surface area contributed by atoms with E-state index >= 15 is 0 Å². The highest BCUT2D eigenvalue weighted by Gasteiger charge is 2.26. The molecule has 0 spiro atoms. The summed E-state index contributed by atoms with van der Waals surface area (Å²) in [5, 5.41) is 6.08. The molecule has 1 N–H and O–H groups in total. The Kier molecular flexibility index (Phi) is 6.57. The minimum atomic E-state index is -0.0904. The number of aromatic nitrogens is 1. The number of hydrogen-bond donors (Lipinski definition) is 1. The number of hydrogen-bond acceptors (Lipinski definition) is 4. The highest BCUT2D eigenvalue weighted by atomic mass is 32.1. The molecule has 2 heterocycles. The van der Waals surface area contributed by atoms with Crippen molar-refractivity contribution in [2.45, 2.75) is 19.8 Å². The van der Waals surface area contributed by atoms with Crippen LogP contribution in [0.4, 0.5) is 5.69 Å². The Morgan fingerprint density at radius 3 is 2.58 bits per heavy atom. The van der Waals surface area contributed by atoms with Crippen LogP contribution < -0.4 is 5.32 Å². The number of piperidine rings is 1. The molecule has 5 nitrogen and oxygen atoms in total. The van der Waals surface area contributed by atoms with Gasteiger partial charge in [-0.1, -0.05) is 42.5 Å². The van der Waals surface area contributed by atoms with Crippen LogP contribution in [-0.4, -0.2) is 34.8 Å². The number of amides is 2. The molecular weight excluding hydrogens is 406 g/mol. The van der Waals surface area contributed by atoms with E-state index in [1.54, 1.807) is 17.4 Å². The van der Waals surface area contributed by atoms with Gasteiger partial charge in [-0.25, -0.2) is 4.98 Å². The largest absolute Gasteiger partial charge is 0.339 e. The highest BCUT2D eigenvalue weighted by molar-refractivity contribution is 7.09. The predicted molar refractivity (Wildman–Crippen MR) is 126 cm³/mol. The molecule has 0 unspecified atom stereocenters. The fourth-order valence-electron chi connectivity index (χ4n) is 3.70. The van der Waals surface area contributed by atoms with Gasteiger partial charge < -0.3 is 10.2 Å². The lowest BCUT2D eigenvalue weighted by molar-refractivity contribution is -0.130. The third-order valence-electron chi connectivity index (χ3n) is 5.44. The van der Waals surface area contributed by atoms with Crippen LogP contribution in [0.3, 0.4) is 0 Å². The summed E-state index contributed by atoms with van der Waals surface area (Å²) in [4.78, 5) is 31.5. The summed E-state index contributed by atoms with van der Waals surface area (Å²) in [5.41, 5.74) is 3.69. The third-order valence-corrected chi connectivity index (χ3v) is 6.21. The maximum atomic E-state index is 12.8. The van der Waals surface area contributed by atoms with Gasteiger partial charge in [-0.3, -0.25) is 9.59 Å². The summed E-state index contributed by atoms with van der Waals surface area (Å²) in [6.45, 7) is 3.16. The van der Waals surface area contributed by atoms with Crippen molar-refractivity contribution < 1.29 is 9.59 Å². The zero-order chi connectivity index (χ0) is 21.6. The van der Waals surface area contributed by atoms with E-state index in [0.717, 1.165) is 27.5 Å². The van der Waals surface area contributed by atoms with Crippen LogP contribution in [0, 0.1) is 12.8 Å². The van der Waals surface area contributed by atoms with Gasteiger partial charge in [0.25, 0.3) is 0 Å². The Balaban J connectivity index is 1.30. The summed E-state index contributed by atoms with van der Waals surface area (Å²) in [6.07, 6.45) is 4.78. The van der Waals surface area contributed by atoms with E-state index in [4.69, 9.17) is 0 Å². The number of benzene rings is 2. The van der Waals surface area contributed by atoms with Gasteiger partial charge in [0.2, 0.25) is 11.8 Å². The minimum absolute atomic E-state index is 0.00558. The molecule has 1 saturated heterocycles. The van der Waals surface area contributed by atoms with Gasteiger partial charge in [-0.05, 0) is 43.5 Å². The predicted octanol–water partition coefficient (Wildman–Crippen LogP) is 5.01. The molecule has 158 valence electrons. The number of aryl methyl sites for hydroxylation is 1. The average Bonchev–Trinajstić information content (AvgIpc) is 3.25. The number of anilines is 1. The lowest BCUT2D eigenvalue weighted by Gasteiger charge is -2.30. The molecule has 1 aliphatic heterocycles. The summed E-state index contributed by atoms with van der Waals surface area (Å²) in [6, 6.07) is 17.6. The van der Waals surface area contributed by atoms with E-state index in [1.807, 2.05) is 77.9 Å². The highest BCUT2D eigenvalue weighted by Crippen LogP contribution is 2.25. The first-order valence-corrected chi connectivity index (χ1v) is 11.3. The van der Waals surface area contributed by atoms with E-state index in [0.29, 0.717) is 25.9 Å². The monoisotopic (exact) mass is 431 g/mol. The first kappa shape index (κ1) is 21.0. The summed E-state index contributed by atoms with van der Waals surface area (Å²) in [7, 11) is 0. The molecule has 2 amide bonds. The second-order valence-corrected chi connectivity index (χ2v) is 8.73. The molecule has 1 fully saturated rings. The minimum Gasteiger partial charge on any atom is -0.339 e. The molecule has 2 aromatic carbocycles. The van der Waals surface area contributed by atoms with Crippen LogP contribution in [0.1, 0.15) is 23.4 Å². The van der Waals surface area contributed by atoms with Gasteiger partial charge in [0.1, 0.15) is 0 Å². The molecule has 3 aromatic rings. The number of thiazole rings is 1. The fourth-order valence-corrected chi connectivity index (χ4v) is 4.32. The van der Waals surface area contributed by atoms with Crippen molar-refractivity contribution in [1.82, 2.24) is 9.88 Å². The third kappa shape index (κ3) is 5.47. The quantitative estimate of drug-likeness (QED) is 0.578. The number of nitrogens with zero attached hydrogens (tertiary/aromatic N) is 2. The van der Waals surface area contributed by atoms with Crippen molar-refractivity contribution in [2.75, 3.05) is 18.4 Å². The average molecular weight is 432 g/mol. The van der Waals surface area contributed by atoms with E-state index in [1.165, 1.54) is 0 Å². The van der Waals surface area contributed by atoms with Crippen molar-refractivity contribution in [3.63, 3.8) is 0 Å². The van der Waals surface area contributed by atoms with Crippen molar-refractivity contribution >= 4 is 34.9 Å². The summed E-state index contributed by atoms with van der Waals surface area (Å²) in [5.74, 6) is -0.0835. The molecule has 6 heteroatoms. The number of carbonyl (C=O) groups excluding carboxylic acids is 2. The summed E-state index contributed by atoms with van der Waals surface area (Å²) >= 11 is 1.61. The Bertz CT molecular complexity index is 1080. The SMILES string of the molecule is Cc1nc(-c2cccc(NC(=O)C3CCN(C(=O)C=Cc4ccccc4)CC3)c2)cs1. The lowest BCUT2D eigenvalue weighted by Crippen LogP contribution is -2.40. The Hall–Kier alpha value is -3.25. The van der Waals surface area contributed by atoms with Gasteiger partial charge in [0.05, 0.1) is 10.7 Å².